The molecular formula is C26H22N4O6. The molecule has 0 saturated carbocycles. The summed E-state index contributed by atoms with van der Waals surface area (Å²) in [6, 6.07) is 15.1. The molecule has 36 heavy (non-hydrogen) atoms. The first-order valence-electron chi connectivity index (χ1n) is 11.0. The fourth-order valence-corrected chi connectivity index (χ4v) is 3.89. The van der Waals surface area contributed by atoms with Crippen molar-refractivity contribution in [2.75, 3.05) is 14.2 Å². The molecule has 0 atom stereocenters. The third-order valence-corrected chi connectivity index (χ3v) is 5.66. The molecule has 5 aromatic rings. The van der Waals surface area contributed by atoms with Gasteiger partial charge in [0.2, 0.25) is 5.89 Å². The number of carbonyl (C=O) groups excluding carboxylic acids is 1. The van der Waals surface area contributed by atoms with E-state index in [2.05, 4.69) is 15.4 Å². The van der Waals surface area contributed by atoms with Gasteiger partial charge in [0.25, 0.3) is 5.89 Å². The summed E-state index contributed by atoms with van der Waals surface area (Å²) in [4.78, 5) is 17.2. The number of hydrogen-bond acceptors (Lipinski definition) is 10. The van der Waals surface area contributed by atoms with Crippen LogP contribution in [0, 0.1) is 13.8 Å². The van der Waals surface area contributed by atoms with Gasteiger partial charge in [0.15, 0.2) is 18.1 Å². The molecule has 5 rings (SSSR count). The largest absolute Gasteiger partial charge is 0.493 e. The second-order valence-corrected chi connectivity index (χ2v) is 7.92. The van der Waals surface area contributed by atoms with Crippen LogP contribution in [-0.4, -0.2) is 40.5 Å². The minimum atomic E-state index is -0.573. The van der Waals surface area contributed by atoms with Gasteiger partial charge in [0.05, 0.1) is 36.7 Å². The molecule has 0 radical (unpaired) electrons. The standard InChI is InChI=1S/C26H22N4O6/c1-14-24(15(2)36-30-14)26(31)34-13-23-28-29-25(35-23)18-12-20(27-19-8-6-5-7-17(18)19)16-9-10-21(32-3)22(11-16)33-4/h5-12H,13H2,1-4H3. The molecule has 0 spiro atoms. The molecule has 0 saturated heterocycles. The first kappa shape index (κ1) is 23.0. The van der Waals surface area contributed by atoms with Gasteiger partial charge >= 0.3 is 5.97 Å². The van der Waals surface area contributed by atoms with E-state index in [0.29, 0.717) is 34.2 Å². The van der Waals surface area contributed by atoms with Crippen LogP contribution in [0.4, 0.5) is 0 Å². The van der Waals surface area contributed by atoms with E-state index in [1.165, 1.54) is 0 Å². The number of hydrogen-bond donors (Lipinski definition) is 0. The molecule has 3 aromatic heterocycles. The predicted molar refractivity (Wildman–Crippen MR) is 129 cm³/mol. The molecule has 3 heterocycles. The minimum absolute atomic E-state index is 0.152. The highest BCUT2D eigenvalue weighted by Gasteiger charge is 2.21. The lowest BCUT2D eigenvalue weighted by atomic mass is 10.0. The number of nitrogens with zero attached hydrogens (tertiary/aromatic N) is 4. The van der Waals surface area contributed by atoms with Crippen LogP contribution in [-0.2, 0) is 11.3 Å². The van der Waals surface area contributed by atoms with Gasteiger partial charge in [0, 0.05) is 10.9 Å². The molecule has 0 aliphatic carbocycles. The van der Waals surface area contributed by atoms with Gasteiger partial charge in [-0.15, -0.1) is 10.2 Å². The third-order valence-electron chi connectivity index (χ3n) is 5.66. The number of para-hydroxylation sites is 1. The van der Waals surface area contributed by atoms with Gasteiger partial charge < -0.3 is 23.2 Å². The van der Waals surface area contributed by atoms with E-state index in [4.69, 9.17) is 28.1 Å². The van der Waals surface area contributed by atoms with Crippen LogP contribution < -0.4 is 9.47 Å². The molecule has 0 amide bonds. The lowest BCUT2D eigenvalue weighted by Crippen LogP contribution is -2.07. The van der Waals surface area contributed by atoms with Crippen LogP contribution in [0.25, 0.3) is 33.6 Å². The Labute approximate surface area is 205 Å². The Morgan fingerprint density at radius 1 is 0.972 bits per heavy atom. The molecule has 10 nitrogen and oxygen atoms in total. The van der Waals surface area contributed by atoms with Crippen molar-refractivity contribution >= 4 is 16.9 Å². The molecule has 0 unspecified atom stereocenters. The minimum Gasteiger partial charge on any atom is -0.493 e. The van der Waals surface area contributed by atoms with Gasteiger partial charge in [-0.2, -0.15) is 0 Å². The molecule has 0 aliphatic rings. The number of methoxy groups -OCH3 is 2. The Balaban J connectivity index is 1.48. The van der Waals surface area contributed by atoms with Crippen LogP contribution in [0.1, 0.15) is 27.7 Å². The highest BCUT2D eigenvalue weighted by atomic mass is 16.5. The summed E-state index contributed by atoms with van der Waals surface area (Å²) in [6.45, 7) is 3.12. The van der Waals surface area contributed by atoms with E-state index < -0.39 is 5.97 Å². The zero-order valence-electron chi connectivity index (χ0n) is 20.1. The monoisotopic (exact) mass is 486 g/mol. The number of pyridine rings is 1. The van der Waals surface area contributed by atoms with Gasteiger partial charge in [-0.1, -0.05) is 23.4 Å². The van der Waals surface area contributed by atoms with Crippen molar-refractivity contribution < 1.29 is 27.9 Å². The van der Waals surface area contributed by atoms with Crippen molar-refractivity contribution in [3.05, 3.63) is 71.4 Å². The van der Waals surface area contributed by atoms with E-state index in [9.17, 15) is 4.79 Å². The Bertz CT molecular complexity index is 1550. The molecule has 0 aliphatic heterocycles. The smallest absolute Gasteiger partial charge is 0.344 e. The molecule has 182 valence electrons. The van der Waals surface area contributed by atoms with E-state index in [-0.39, 0.29) is 24.0 Å². The molecule has 0 fully saturated rings. The maximum absolute atomic E-state index is 12.4. The fraction of sp³-hybridized carbons (Fsp3) is 0.192. The fourth-order valence-electron chi connectivity index (χ4n) is 3.89. The third kappa shape index (κ3) is 4.24. The van der Waals surface area contributed by atoms with Gasteiger partial charge in [-0.25, -0.2) is 9.78 Å². The second-order valence-electron chi connectivity index (χ2n) is 7.92. The number of rotatable bonds is 7. The number of aryl methyl sites for hydroxylation is 2. The number of carbonyl (C=O) groups is 1. The van der Waals surface area contributed by atoms with Crippen LogP contribution in [0.5, 0.6) is 11.5 Å². The summed E-state index contributed by atoms with van der Waals surface area (Å²) in [5.74, 6) is 1.45. The Hall–Kier alpha value is -4.73. The average molecular weight is 486 g/mol. The van der Waals surface area contributed by atoms with E-state index >= 15 is 0 Å². The van der Waals surface area contributed by atoms with Crippen molar-refractivity contribution in [3.63, 3.8) is 0 Å². The highest BCUT2D eigenvalue weighted by Crippen LogP contribution is 2.35. The van der Waals surface area contributed by atoms with Crippen LogP contribution in [0.3, 0.4) is 0 Å². The summed E-state index contributed by atoms with van der Waals surface area (Å²) in [5, 5.41) is 12.9. The summed E-state index contributed by atoms with van der Waals surface area (Å²) >= 11 is 0. The highest BCUT2D eigenvalue weighted by molar-refractivity contribution is 5.95. The van der Waals surface area contributed by atoms with Gasteiger partial charge in [-0.05, 0) is 44.2 Å². The van der Waals surface area contributed by atoms with E-state index in [0.717, 1.165) is 16.5 Å². The quantitative estimate of drug-likeness (QED) is 0.293. The second kappa shape index (κ2) is 9.49. The average Bonchev–Trinajstić information content (AvgIpc) is 3.52. The summed E-state index contributed by atoms with van der Waals surface area (Å²) in [7, 11) is 3.17. The Kier molecular flexibility index (Phi) is 6.07. The number of benzene rings is 2. The van der Waals surface area contributed by atoms with Gasteiger partial charge in [-0.3, -0.25) is 0 Å². The normalized spacial score (nSPS) is 11.0. The van der Waals surface area contributed by atoms with Crippen molar-refractivity contribution in [2.45, 2.75) is 20.5 Å². The summed E-state index contributed by atoms with van der Waals surface area (Å²) < 4.78 is 27.0. The Morgan fingerprint density at radius 2 is 1.78 bits per heavy atom. The molecule has 0 bridgehead atoms. The lowest BCUT2D eigenvalue weighted by Gasteiger charge is -2.11. The number of fused-ring (bicyclic) bond motifs is 1. The lowest BCUT2D eigenvalue weighted by molar-refractivity contribution is 0.0436. The topological polar surface area (TPSA) is 123 Å². The first-order chi connectivity index (χ1) is 17.5. The van der Waals surface area contributed by atoms with E-state index in [1.807, 2.05) is 48.5 Å². The van der Waals surface area contributed by atoms with Crippen LogP contribution in [0.15, 0.2) is 57.5 Å². The zero-order valence-corrected chi connectivity index (χ0v) is 20.1. The van der Waals surface area contributed by atoms with Crippen molar-refractivity contribution in [3.8, 4) is 34.2 Å². The molecule has 2 aromatic carbocycles. The van der Waals surface area contributed by atoms with Gasteiger partial charge in [0.1, 0.15) is 11.3 Å². The van der Waals surface area contributed by atoms with Crippen molar-refractivity contribution in [1.82, 2.24) is 20.3 Å². The SMILES string of the molecule is COc1ccc(-c2cc(-c3nnc(COC(=O)c4c(C)noc4C)o3)c3ccccc3n2)cc1OC. The predicted octanol–water partition coefficient (Wildman–Crippen LogP) is 4.93. The molecule has 0 N–H and O–H groups in total. The van der Waals surface area contributed by atoms with Crippen LogP contribution >= 0.6 is 0 Å². The maximum atomic E-state index is 12.4. The van der Waals surface area contributed by atoms with Crippen molar-refractivity contribution in [1.29, 1.82) is 0 Å². The van der Waals surface area contributed by atoms with E-state index in [1.54, 1.807) is 28.1 Å². The molecular weight excluding hydrogens is 464 g/mol. The van der Waals surface area contributed by atoms with Crippen molar-refractivity contribution in [2.24, 2.45) is 0 Å². The first-order valence-corrected chi connectivity index (χ1v) is 11.0. The Morgan fingerprint density at radius 3 is 2.53 bits per heavy atom. The van der Waals surface area contributed by atoms with Crippen LogP contribution in [0.2, 0.25) is 0 Å². The number of ether oxygens (including phenoxy) is 3. The molecule has 10 heteroatoms. The summed E-state index contributed by atoms with van der Waals surface area (Å²) in [6.07, 6.45) is 0. The maximum Gasteiger partial charge on any atom is 0.344 e. The zero-order chi connectivity index (χ0) is 25.2. The number of aromatic nitrogens is 4. The number of esters is 1. The summed E-state index contributed by atoms with van der Waals surface area (Å²) in [5.41, 5.74) is 3.71.